The molecule has 4 amide bonds. The lowest BCUT2D eigenvalue weighted by Crippen LogP contribution is -2.37. The van der Waals surface area contributed by atoms with E-state index >= 15 is 0 Å². The van der Waals surface area contributed by atoms with Gasteiger partial charge in [-0.3, -0.25) is 9.59 Å². The van der Waals surface area contributed by atoms with Gasteiger partial charge in [0.2, 0.25) is 11.8 Å². The van der Waals surface area contributed by atoms with Gasteiger partial charge in [0.1, 0.15) is 5.82 Å². The van der Waals surface area contributed by atoms with Crippen LogP contribution in [0.2, 0.25) is 0 Å². The number of halogens is 1. The molecule has 35 heavy (non-hydrogen) atoms. The average molecular weight is 473 g/mol. The minimum atomic E-state index is -0.429. The molecule has 3 aromatic rings. The van der Waals surface area contributed by atoms with Crippen LogP contribution in [0.1, 0.15) is 16.7 Å². The van der Waals surface area contributed by atoms with Crippen molar-refractivity contribution in [1.29, 1.82) is 0 Å². The predicted octanol–water partition coefficient (Wildman–Crippen LogP) is 4.72. The Kier molecular flexibility index (Phi) is 7.21. The van der Waals surface area contributed by atoms with Crippen LogP contribution < -0.4 is 16.0 Å². The summed E-state index contributed by atoms with van der Waals surface area (Å²) in [5, 5.41) is 8.27. The number of carbonyl (C=O) groups excluding carboxylic acids is 3. The molecule has 3 aromatic carbocycles. The third-order valence-corrected chi connectivity index (χ3v) is 5.77. The van der Waals surface area contributed by atoms with E-state index in [-0.39, 0.29) is 24.1 Å². The molecule has 0 saturated carbocycles. The molecule has 0 saturated heterocycles. The van der Waals surface area contributed by atoms with Gasteiger partial charge < -0.3 is 20.9 Å². The molecule has 3 N–H and O–H groups in total. The number of anilines is 3. The van der Waals surface area contributed by atoms with Gasteiger partial charge in [0.15, 0.2) is 0 Å². The average Bonchev–Trinajstić information content (AvgIpc) is 2.86. The lowest BCUT2D eigenvalue weighted by molar-refractivity contribution is -0.131. The van der Waals surface area contributed by atoms with Gasteiger partial charge >= 0.3 is 6.03 Å². The molecule has 0 unspecified atom stereocenters. The van der Waals surface area contributed by atoms with E-state index in [1.165, 1.54) is 30.3 Å². The van der Waals surface area contributed by atoms with Gasteiger partial charge in [0, 0.05) is 30.2 Å². The van der Waals surface area contributed by atoms with Crippen LogP contribution in [-0.4, -0.2) is 29.3 Å². The summed E-state index contributed by atoms with van der Waals surface area (Å²) in [5.74, 6) is -0.763. The monoisotopic (exact) mass is 472 g/mol. The van der Waals surface area contributed by atoms with Gasteiger partial charge in [0.05, 0.1) is 6.42 Å². The quantitative estimate of drug-likeness (QED) is 0.454. The first-order valence-electron chi connectivity index (χ1n) is 11.2. The summed E-state index contributed by atoms with van der Waals surface area (Å²) < 4.78 is 13.1. The highest BCUT2D eigenvalue weighted by atomic mass is 19.1. The van der Waals surface area contributed by atoms with Gasteiger partial charge in [0.25, 0.3) is 0 Å². The van der Waals surface area contributed by atoms with Crippen molar-refractivity contribution in [2.24, 2.45) is 0 Å². The van der Waals surface area contributed by atoms with E-state index in [4.69, 9.17) is 0 Å². The Morgan fingerprint density at radius 1 is 0.914 bits per heavy atom. The van der Waals surface area contributed by atoms with E-state index in [1.54, 1.807) is 17.0 Å². The molecule has 1 aliphatic heterocycles. The summed E-state index contributed by atoms with van der Waals surface area (Å²) in [4.78, 5) is 39.0. The number of nitrogens with zero attached hydrogens (tertiary/aromatic N) is 1. The molecule has 178 valence electrons. The van der Waals surface area contributed by atoms with Gasteiger partial charge in [-0.15, -0.1) is 0 Å². The third kappa shape index (κ3) is 5.92. The molecule has 0 fully saturated rings. The summed E-state index contributed by atoms with van der Waals surface area (Å²) in [5.41, 5.74) is 4.40. The van der Waals surface area contributed by atoms with E-state index < -0.39 is 6.03 Å². The van der Waals surface area contributed by atoms with Crippen molar-refractivity contribution in [3.8, 4) is 0 Å². The van der Waals surface area contributed by atoms with Crippen molar-refractivity contribution in [3.05, 3.63) is 102 Å². The number of urea groups is 1. The number of benzene rings is 3. The topological polar surface area (TPSA) is 90.5 Å². The SMILES string of the molecule is C=CC(=O)Nc1ccccc1CC(=O)N1CCc2c(cccc2NC(=O)Nc2ccc(F)cc2)C1. The minimum absolute atomic E-state index is 0.0524. The van der Waals surface area contributed by atoms with E-state index in [2.05, 4.69) is 22.5 Å². The first kappa shape index (κ1) is 23.7. The normalized spacial score (nSPS) is 12.3. The van der Waals surface area contributed by atoms with E-state index in [0.717, 1.165) is 16.7 Å². The zero-order valence-electron chi connectivity index (χ0n) is 19.0. The minimum Gasteiger partial charge on any atom is -0.338 e. The van der Waals surface area contributed by atoms with Crippen molar-refractivity contribution in [2.75, 3.05) is 22.5 Å². The van der Waals surface area contributed by atoms with Gasteiger partial charge in [-0.25, -0.2) is 9.18 Å². The van der Waals surface area contributed by atoms with Crippen LogP contribution in [0.25, 0.3) is 0 Å². The number of rotatable bonds is 6. The second-order valence-corrected chi connectivity index (χ2v) is 8.12. The summed E-state index contributed by atoms with van der Waals surface area (Å²) in [6.07, 6.45) is 1.93. The van der Waals surface area contributed by atoms with Crippen LogP contribution in [0.4, 0.5) is 26.2 Å². The second-order valence-electron chi connectivity index (χ2n) is 8.12. The van der Waals surface area contributed by atoms with Crippen LogP contribution in [-0.2, 0) is 29.0 Å². The van der Waals surface area contributed by atoms with E-state index in [1.807, 2.05) is 30.3 Å². The van der Waals surface area contributed by atoms with Crippen molar-refractivity contribution in [3.63, 3.8) is 0 Å². The fraction of sp³-hybridized carbons (Fsp3) is 0.148. The second kappa shape index (κ2) is 10.6. The zero-order valence-corrected chi connectivity index (χ0v) is 19.0. The predicted molar refractivity (Wildman–Crippen MR) is 134 cm³/mol. The smallest absolute Gasteiger partial charge is 0.323 e. The number of carbonyl (C=O) groups is 3. The Hall–Kier alpha value is -4.46. The maximum Gasteiger partial charge on any atom is 0.323 e. The molecular weight excluding hydrogens is 447 g/mol. The van der Waals surface area contributed by atoms with E-state index in [9.17, 15) is 18.8 Å². The number of amides is 4. The first-order valence-corrected chi connectivity index (χ1v) is 11.2. The third-order valence-electron chi connectivity index (χ3n) is 5.77. The maximum atomic E-state index is 13.1. The van der Waals surface area contributed by atoms with Crippen molar-refractivity contribution in [2.45, 2.75) is 19.4 Å². The molecule has 0 bridgehead atoms. The molecule has 0 spiro atoms. The maximum absolute atomic E-state index is 13.1. The van der Waals surface area contributed by atoms with Crippen LogP contribution in [0, 0.1) is 5.82 Å². The highest BCUT2D eigenvalue weighted by Crippen LogP contribution is 2.27. The van der Waals surface area contributed by atoms with Gasteiger partial charge in [-0.1, -0.05) is 36.9 Å². The highest BCUT2D eigenvalue weighted by molar-refractivity contribution is 6.01. The Bertz CT molecular complexity index is 1270. The Morgan fingerprint density at radius 3 is 2.43 bits per heavy atom. The lowest BCUT2D eigenvalue weighted by atomic mass is 9.97. The number of hydrogen-bond donors (Lipinski definition) is 3. The van der Waals surface area contributed by atoms with Gasteiger partial charge in [-0.2, -0.15) is 0 Å². The molecule has 0 radical (unpaired) electrons. The molecule has 7 nitrogen and oxygen atoms in total. The molecule has 8 heteroatoms. The molecular formula is C27H25FN4O3. The first-order chi connectivity index (χ1) is 16.9. The fourth-order valence-electron chi connectivity index (χ4n) is 4.01. The van der Waals surface area contributed by atoms with Gasteiger partial charge in [-0.05, 0) is 65.6 Å². The summed E-state index contributed by atoms with van der Waals surface area (Å²) >= 11 is 0. The van der Waals surface area contributed by atoms with E-state index in [0.29, 0.717) is 36.6 Å². The van der Waals surface area contributed by atoms with Crippen molar-refractivity contribution < 1.29 is 18.8 Å². The molecule has 0 aromatic heterocycles. The van der Waals surface area contributed by atoms with Crippen LogP contribution in [0.5, 0.6) is 0 Å². The van der Waals surface area contributed by atoms with Crippen LogP contribution in [0.3, 0.4) is 0 Å². The Morgan fingerprint density at radius 2 is 1.66 bits per heavy atom. The van der Waals surface area contributed by atoms with Crippen molar-refractivity contribution in [1.82, 2.24) is 4.90 Å². The summed E-state index contributed by atoms with van der Waals surface area (Å²) in [6, 6.07) is 17.9. The summed E-state index contributed by atoms with van der Waals surface area (Å²) in [7, 11) is 0. The molecule has 4 rings (SSSR count). The molecule has 0 atom stereocenters. The highest BCUT2D eigenvalue weighted by Gasteiger charge is 2.24. The number of nitrogens with one attached hydrogen (secondary N) is 3. The Balaban J connectivity index is 1.42. The number of para-hydroxylation sites is 1. The summed E-state index contributed by atoms with van der Waals surface area (Å²) in [6.45, 7) is 4.39. The molecule has 1 heterocycles. The van der Waals surface area contributed by atoms with Crippen molar-refractivity contribution >= 4 is 34.9 Å². The number of hydrogen-bond acceptors (Lipinski definition) is 3. The largest absolute Gasteiger partial charge is 0.338 e. The standard InChI is InChI=1S/C27H25FN4O3/c1-2-25(33)30-23-8-4-3-6-18(23)16-26(34)32-15-14-22-19(17-32)7-5-9-24(22)31-27(35)29-21-12-10-20(28)11-13-21/h2-13H,1,14-17H2,(H,30,33)(H2,29,31,35). The van der Waals surface area contributed by atoms with Crippen LogP contribution in [0.15, 0.2) is 79.4 Å². The molecule has 0 aliphatic carbocycles. The number of fused-ring (bicyclic) bond motifs is 1. The van der Waals surface area contributed by atoms with Crippen LogP contribution >= 0.6 is 0 Å². The Labute approximate surface area is 202 Å². The lowest BCUT2D eigenvalue weighted by Gasteiger charge is -2.30. The fourth-order valence-corrected chi connectivity index (χ4v) is 4.01. The zero-order chi connectivity index (χ0) is 24.8. The molecule has 1 aliphatic rings.